The van der Waals surface area contributed by atoms with Crippen LogP contribution in [0.2, 0.25) is 0 Å². The summed E-state index contributed by atoms with van der Waals surface area (Å²) in [5, 5.41) is -0.193. The monoisotopic (exact) mass is 262 g/mol. The molecule has 0 spiro atoms. The molecule has 94 valence electrons. The Morgan fingerprint density at radius 3 is 2.50 bits per heavy atom. The van der Waals surface area contributed by atoms with Crippen molar-refractivity contribution >= 4 is 11.6 Å². The van der Waals surface area contributed by atoms with E-state index in [4.69, 9.17) is 11.6 Å². The summed E-state index contributed by atoms with van der Waals surface area (Å²) in [6, 6.07) is 12.9. The summed E-state index contributed by atoms with van der Waals surface area (Å²) >= 11 is 6.42. The normalized spacial score (nSPS) is 12.4. The van der Waals surface area contributed by atoms with Crippen LogP contribution in [0, 0.1) is 19.7 Å². The van der Waals surface area contributed by atoms with Crippen LogP contribution in [-0.4, -0.2) is 0 Å². The van der Waals surface area contributed by atoms with Gasteiger partial charge in [-0.1, -0.05) is 36.4 Å². The zero-order valence-electron chi connectivity index (χ0n) is 10.6. The predicted octanol–water partition coefficient (Wildman–Crippen LogP) is 4.97. The van der Waals surface area contributed by atoms with Crippen LogP contribution in [0.3, 0.4) is 0 Å². The molecule has 0 nitrogen and oxygen atoms in total. The van der Waals surface area contributed by atoms with Crippen molar-refractivity contribution in [1.82, 2.24) is 0 Å². The first-order valence-corrected chi connectivity index (χ1v) is 6.47. The van der Waals surface area contributed by atoms with E-state index in [0.29, 0.717) is 12.0 Å². The Kier molecular flexibility index (Phi) is 4.03. The molecule has 18 heavy (non-hydrogen) atoms. The first-order chi connectivity index (χ1) is 8.59. The molecule has 2 heteroatoms. The Morgan fingerprint density at radius 2 is 1.78 bits per heavy atom. The largest absolute Gasteiger partial charge is 0.207 e. The maximum Gasteiger partial charge on any atom is 0.126 e. The van der Waals surface area contributed by atoms with Crippen molar-refractivity contribution in [3.05, 3.63) is 70.5 Å². The van der Waals surface area contributed by atoms with Crippen LogP contribution in [-0.2, 0) is 6.42 Å². The first-order valence-electron chi connectivity index (χ1n) is 6.03. The molecule has 2 rings (SSSR count). The van der Waals surface area contributed by atoms with E-state index in [1.165, 1.54) is 17.2 Å². The van der Waals surface area contributed by atoms with Gasteiger partial charge >= 0.3 is 0 Å². The molecule has 0 fully saturated rings. The Labute approximate surface area is 112 Å². The van der Waals surface area contributed by atoms with Gasteiger partial charge in [0.1, 0.15) is 5.82 Å². The standard InChI is InChI=1S/C16H16ClF/c1-11-6-5-8-14(12(11)2)15(17)10-13-7-3-4-9-16(13)18/h3-9,15H,10H2,1-2H3. The van der Waals surface area contributed by atoms with Gasteiger partial charge in [-0.05, 0) is 48.6 Å². The van der Waals surface area contributed by atoms with Crippen molar-refractivity contribution in [3.63, 3.8) is 0 Å². The van der Waals surface area contributed by atoms with Crippen molar-refractivity contribution in [2.75, 3.05) is 0 Å². The number of hydrogen-bond acceptors (Lipinski definition) is 0. The van der Waals surface area contributed by atoms with Gasteiger partial charge in [-0.3, -0.25) is 0 Å². The minimum atomic E-state index is -0.193. The molecule has 0 aliphatic heterocycles. The van der Waals surface area contributed by atoms with Gasteiger partial charge in [0.25, 0.3) is 0 Å². The third kappa shape index (κ3) is 2.73. The lowest BCUT2D eigenvalue weighted by Gasteiger charge is -2.15. The minimum Gasteiger partial charge on any atom is -0.207 e. The average molecular weight is 263 g/mol. The van der Waals surface area contributed by atoms with Gasteiger partial charge in [0.2, 0.25) is 0 Å². The minimum absolute atomic E-state index is 0.187. The molecule has 0 aliphatic rings. The van der Waals surface area contributed by atoms with E-state index in [-0.39, 0.29) is 11.2 Å². The fourth-order valence-electron chi connectivity index (χ4n) is 2.08. The number of benzene rings is 2. The maximum absolute atomic E-state index is 13.6. The smallest absolute Gasteiger partial charge is 0.126 e. The summed E-state index contributed by atoms with van der Waals surface area (Å²) in [7, 11) is 0. The summed E-state index contributed by atoms with van der Waals surface area (Å²) in [6.07, 6.45) is 0.512. The van der Waals surface area contributed by atoms with Crippen LogP contribution in [0.25, 0.3) is 0 Å². The van der Waals surface area contributed by atoms with Gasteiger partial charge < -0.3 is 0 Å². The van der Waals surface area contributed by atoms with Crippen molar-refractivity contribution < 1.29 is 4.39 Å². The van der Waals surface area contributed by atoms with Crippen molar-refractivity contribution in [2.24, 2.45) is 0 Å². The molecule has 0 radical (unpaired) electrons. The van der Waals surface area contributed by atoms with E-state index in [1.54, 1.807) is 12.1 Å². The molecule has 2 aromatic rings. The number of aryl methyl sites for hydroxylation is 1. The van der Waals surface area contributed by atoms with E-state index in [0.717, 1.165) is 5.56 Å². The highest BCUT2D eigenvalue weighted by Gasteiger charge is 2.14. The SMILES string of the molecule is Cc1cccc(C(Cl)Cc2ccccc2F)c1C. The lowest BCUT2D eigenvalue weighted by Crippen LogP contribution is -2.01. The van der Waals surface area contributed by atoms with Gasteiger partial charge in [-0.25, -0.2) is 4.39 Å². The molecule has 2 aromatic carbocycles. The van der Waals surface area contributed by atoms with Gasteiger partial charge in [-0.2, -0.15) is 0 Å². The van der Waals surface area contributed by atoms with Gasteiger partial charge in [0.05, 0.1) is 5.38 Å². The second-order valence-corrected chi connectivity index (χ2v) is 5.08. The summed E-state index contributed by atoms with van der Waals surface area (Å²) in [4.78, 5) is 0. The molecule has 0 aliphatic carbocycles. The van der Waals surface area contributed by atoms with Crippen LogP contribution in [0.5, 0.6) is 0 Å². The van der Waals surface area contributed by atoms with E-state index in [9.17, 15) is 4.39 Å². The molecule has 1 unspecified atom stereocenters. The van der Waals surface area contributed by atoms with Crippen LogP contribution in [0.1, 0.15) is 27.6 Å². The molecule has 0 amide bonds. The number of hydrogen-bond donors (Lipinski definition) is 0. The molecule has 0 heterocycles. The third-order valence-electron chi connectivity index (χ3n) is 3.34. The van der Waals surface area contributed by atoms with Crippen LogP contribution < -0.4 is 0 Å². The molecule has 0 bridgehead atoms. The summed E-state index contributed by atoms with van der Waals surface area (Å²) in [5.41, 5.74) is 4.15. The lowest BCUT2D eigenvalue weighted by atomic mass is 9.97. The summed E-state index contributed by atoms with van der Waals surface area (Å²) < 4.78 is 13.6. The van der Waals surface area contributed by atoms with E-state index < -0.39 is 0 Å². The van der Waals surface area contributed by atoms with Crippen LogP contribution in [0.4, 0.5) is 4.39 Å². The van der Waals surface area contributed by atoms with E-state index >= 15 is 0 Å². The predicted molar refractivity (Wildman–Crippen MR) is 74.6 cm³/mol. The topological polar surface area (TPSA) is 0 Å². The van der Waals surface area contributed by atoms with Crippen molar-refractivity contribution in [3.8, 4) is 0 Å². The second-order valence-electron chi connectivity index (χ2n) is 4.55. The molecule has 0 saturated heterocycles. The van der Waals surface area contributed by atoms with Gasteiger partial charge in [-0.15, -0.1) is 11.6 Å². The number of rotatable bonds is 3. The highest BCUT2D eigenvalue weighted by atomic mass is 35.5. The van der Waals surface area contributed by atoms with E-state index in [2.05, 4.69) is 19.9 Å². The van der Waals surface area contributed by atoms with Crippen LogP contribution in [0.15, 0.2) is 42.5 Å². The van der Waals surface area contributed by atoms with Crippen molar-refractivity contribution in [1.29, 1.82) is 0 Å². The van der Waals surface area contributed by atoms with Crippen molar-refractivity contribution in [2.45, 2.75) is 25.6 Å². The van der Waals surface area contributed by atoms with Gasteiger partial charge in [0.15, 0.2) is 0 Å². The lowest BCUT2D eigenvalue weighted by molar-refractivity contribution is 0.607. The Balaban J connectivity index is 2.25. The van der Waals surface area contributed by atoms with E-state index in [1.807, 2.05) is 18.2 Å². The molecule has 0 saturated carbocycles. The Bertz CT molecular complexity index is 549. The second kappa shape index (κ2) is 5.53. The summed E-state index contributed by atoms with van der Waals surface area (Å²) in [5.74, 6) is -0.187. The average Bonchev–Trinajstić information content (AvgIpc) is 2.35. The van der Waals surface area contributed by atoms with Crippen LogP contribution >= 0.6 is 11.6 Å². The van der Waals surface area contributed by atoms with Gasteiger partial charge in [0, 0.05) is 0 Å². The summed E-state index contributed by atoms with van der Waals surface area (Å²) in [6.45, 7) is 4.12. The molecule has 1 atom stereocenters. The molecule has 0 N–H and O–H groups in total. The molecular formula is C16H16ClF. The zero-order valence-corrected chi connectivity index (χ0v) is 11.3. The Hall–Kier alpha value is -1.34. The highest BCUT2D eigenvalue weighted by Crippen LogP contribution is 2.29. The fraction of sp³-hybridized carbons (Fsp3) is 0.250. The molecular weight excluding hydrogens is 247 g/mol. The third-order valence-corrected chi connectivity index (χ3v) is 3.73. The maximum atomic E-state index is 13.6. The Morgan fingerprint density at radius 1 is 1.06 bits per heavy atom. The quantitative estimate of drug-likeness (QED) is 0.686. The number of alkyl halides is 1. The highest BCUT2D eigenvalue weighted by molar-refractivity contribution is 6.21. The number of halogens is 2. The first kappa shape index (κ1) is 13.1. The molecule has 0 aromatic heterocycles. The zero-order chi connectivity index (χ0) is 13.1. The fourth-order valence-corrected chi connectivity index (χ4v) is 2.48.